The molecule has 0 bridgehead atoms. The van der Waals surface area contributed by atoms with Gasteiger partial charge in [-0.15, -0.1) is 11.3 Å². The summed E-state index contributed by atoms with van der Waals surface area (Å²) < 4.78 is 15.9. The lowest BCUT2D eigenvalue weighted by molar-refractivity contribution is 0.363. The molecular weight excluding hydrogens is 703 g/mol. The van der Waals surface area contributed by atoms with Gasteiger partial charge in [-0.05, 0) is 111 Å². The van der Waals surface area contributed by atoms with E-state index in [1.54, 1.807) is 0 Å². The minimum Gasteiger partial charge on any atom is -0.449 e. The Labute approximate surface area is 335 Å². The highest BCUT2D eigenvalue weighted by atomic mass is 32.1. The summed E-state index contributed by atoms with van der Waals surface area (Å²) in [5, 5.41) is 1.08. The summed E-state index contributed by atoms with van der Waals surface area (Å²) >= 11 is 1.88. The van der Waals surface area contributed by atoms with Crippen LogP contribution in [0.15, 0.2) is 121 Å². The number of hydrogen-bond donors (Lipinski definition) is 0. The van der Waals surface area contributed by atoms with Gasteiger partial charge in [0.05, 0.1) is 11.1 Å². The van der Waals surface area contributed by atoms with E-state index in [2.05, 4.69) is 169 Å². The van der Waals surface area contributed by atoms with E-state index in [0.717, 1.165) is 45.4 Å². The van der Waals surface area contributed by atoms with E-state index >= 15 is 0 Å². The Balaban J connectivity index is 1.28. The average Bonchev–Trinajstić information content (AvgIpc) is 3.55. The van der Waals surface area contributed by atoms with Crippen LogP contribution in [0.4, 0.5) is 34.1 Å². The molecule has 0 radical (unpaired) electrons. The van der Waals surface area contributed by atoms with Crippen LogP contribution in [0.2, 0.25) is 0 Å². The molecule has 0 atom stereocenters. The number of thiophene rings is 1. The van der Waals surface area contributed by atoms with Crippen molar-refractivity contribution in [2.45, 2.75) is 78.6 Å². The van der Waals surface area contributed by atoms with Gasteiger partial charge >= 0.3 is 0 Å². The highest BCUT2D eigenvalue weighted by Gasteiger charge is 2.46. The molecule has 6 aromatic carbocycles. The van der Waals surface area contributed by atoms with E-state index < -0.39 is 0 Å². The summed E-state index contributed by atoms with van der Waals surface area (Å²) in [6.45, 7) is 20.6. The van der Waals surface area contributed by atoms with Crippen LogP contribution in [-0.4, -0.2) is 6.71 Å². The fourth-order valence-electron chi connectivity index (χ4n) is 8.72. The molecule has 0 spiro atoms. The highest BCUT2D eigenvalue weighted by molar-refractivity contribution is 7.33. The van der Waals surface area contributed by atoms with Crippen LogP contribution in [0.1, 0.15) is 79.0 Å². The van der Waals surface area contributed by atoms with Gasteiger partial charge in [0.15, 0.2) is 23.0 Å². The van der Waals surface area contributed by atoms with Crippen molar-refractivity contribution in [2.75, 3.05) is 9.80 Å². The van der Waals surface area contributed by atoms with Crippen LogP contribution in [0.3, 0.4) is 0 Å². The normalized spacial score (nSPS) is 14.3. The van der Waals surface area contributed by atoms with E-state index in [1.807, 2.05) is 35.6 Å². The molecule has 10 rings (SSSR count). The molecule has 0 aliphatic carbocycles. The van der Waals surface area contributed by atoms with Gasteiger partial charge in [0, 0.05) is 37.9 Å². The molecule has 3 aliphatic rings. The van der Waals surface area contributed by atoms with Crippen LogP contribution in [0, 0.1) is 0 Å². The van der Waals surface area contributed by atoms with Gasteiger partial charge in [-0.2, -0.15) is 0 Å². The van der Waals surface area contributed by atoms with Gasteiger partial charge < -0.3 is 19.3 Å². The van der Waals surface area contributed by atoms with E-state index in [-0.39, 0.29) is 23.0 Å². The van der Waals surface area contributed by atoms with Crippen molar-refractivity contribution < 1.29 is 9.47 Å². The lowest BCUT2D eigenvalue weighted by Crippen LogP contribution is -2.60. The van der Waals surface area contributed by atoms with Gasteiger partial charge in [-0.1, -0.05) is 117 Å². The maximum Gasteiger partial charge on any atom is 0.264 e. The molecule has 0 amide bonds. The van der Waals surface area contributed by atoms with Crippen LogP contribution >= 0.6 is 11.3 Å². The van der Waals surface area contributed by atoms with E-state index in [9.17, 15) is 0 Å². The van der Waals surface area contributed by atoms with Gasteiger partial charge in [0.2, 0.25) is 0 Å². The largest absolute Gasteiger partial charge is 0.449 e. The number of ether oxygens (including phenoxy) is 2. The number of hydrogen-bond acceptors (Lipinski definition) is 5. The monoisotopic (exact) mass is 750 g/mol. The minimum atomic E-state index is -0.0237. The Hall–Kier alpha value is -5.46. The summed E-state index contributed by atoms with van der Waals surface area (Å²) in [4.78, 5) is 5.00. The molecule has 0 fully saturated rings. The highest BCUT2D eigenvalue weighted by Crippen LogP contribution is 2.55. The van der Waals surface area contributed by atoms with Crippen molar-refractivity contribution in [1.29, 1.82) is 0 Å². The third-order valence-electron chi connectivity index (χ3n) is 11.8. The van der Waals surface area contributed by atoms with Crippen molar-refractivity contribution in [3.8, 4) is 23.0 Å². The first-order valence-corrected chi connectivity index (χ1v) is 20.6. The zero-order valence-corrected chi connectivity index (χ0v) is 34.6. The predicted octanol–water partition coefficient (Wildman–Crippen LogP) is 12.8. The van der Waals surface area contributed by atoms with Crippen molar-refractivity contribution in [3.05, 3.63) is 138 Å². The zero-order valence-electron chi connectivity index (χ0n) is 33.7. The molecule has 4 nitrogen and oxygen atoms in total. The molecule has 4 heterocycles. The molecule has 0 saturated heterocycles. The maximum atomic E-state index is 6.85. The zero-order chi connectivity index (χ0) is 38.9. The molecule has 0 saturated carbocycles. The molecule has 6 heteroatoms. The van der Waals surface area contributed by atoms with Crippen LogP contribution in [0.5, 0.6) is 23.0 Å². The standard InChI is InChI=1S/C50H47BN2O2S/c1-48(2,3)30-17-22-33(23-18-30)52-36-26-21-32(50(7,8)9)29-35(36)51-44-37(52)13-12-14-38(44)53(34-24-19-31(20-25-34)49(4,5)6)45-43-42(56-47(45)51)28-27-41-46(43)55-40-16-11-10-15-39(40)54-41/h10-29H,1-9H3. The summed E-state index contributed by atoms with van der Waals surface area (Å²) in [7, 11) is 0. The molecular formula is C50H47BN2O2S. The fourth-order valence-corrected chi connectivity index (χ4v) is 10.0. The summed E-state index contributed by atoms with van der Waals surface area (Å²) in [5.41, 5.74) is 13.7. The second-order valence-corrected chi connectivity index (χ2v) is 19.7. The molecule has 0 unspecified atom stereocenters. The van der Waals surface area contributed by atoms with Crippen molar-refractivity contribution in [1.82, 2.24) is 0 Å². The lowest BCUT2D eigenvalue weighted by atomic mass is 9.36. The minimum absolute atomic E-state index is 0.00791. The van der Waals surface area contributed by atoms with Crippen LogP contribution < -0.4 is 35.0 Å². The molecule has 56 heavy (non-hydrogen) atoms. The summed E-state index contributed by atoms with van der Waals surface area (Å²) in [5.74, 6) is 2.98. The van der Waals surface area contributed by atoms with Crippen LogP contribution in [-0.2, 0) is 16.2 Å². The second kappa shape index (κ2) is 12.0. The van der Waals surface area contributed by atoms with Crippen molar-refractivity contribution >= 4 is 78.0 Å². The van der Waals surface area contributed by atoms with Gasteiger partial charge in [0.1, 0.15) is 0 Å². The van der Waals surface area contributed by atoms with Gasteiger partial charge in [-0.3, -0.25) is 0 Å². The van der Waals surface area contributed by atoms with Crippen LogP contribution in [0.25, 0.3) is 10.1 Å². The number of rotatable bonds is 2. The Morgan fingerprint density at radius 3 is 1.66 bits per heavy atom. The van der Waals surface area contributed by atoms with E-state index in [4.69, 9.17) is 9.47 Å². The number of benzene rings is 6. The number of fused-ring (bicyclic) bond motifs is 9. The summed E-state index contributed by atoms with van der Waals surface area (Å²) in [6, 6.07) is 44.7. The third-order valence-corrected chi connectivity index (χ3v) is 13.0. The first-order valence-electron chi connectivity index (χ1n) is 19.8. The fraction of sp³-hybridized carbons (Fsp3) is 0.240. The molecule has 7 aromatic rings. The van der Waals surface area contributed by atoms with Gasteiger partial charge in [0.25, 0.3) is 6.71 Å². The third kappa shape index (κ3) is 5.33. The number of nitrogens with zero attached hydrogens (tertiary/aromatic N) is 2. The Morgan fingerprint density at radius 1 is 0.500 bits per heavy atom. The maximum absolute atomic E-state index is 6.85. The number of anilines is 6. The van der Waals surface area contributed by atoms with Gasteiger partial charge in [-0.25, -0.2) is 0 Å². The average molecular weight is 751 g/mol. The van der Waals surface area contributed by atoms with Crippen molar-refractivity contribution in [3.63, 3.8) is 0 Å². The topological polar surface area (TPSA) is 24.9 Å². The molecule has 0 N–H and O–H groups in total. The lowest BCUT2D eigenvalue weighted by Gasteiger charge is -2.43. The SMILES string of the molecule is CC(C)(C)c1ccc(N2c3ccc(C(C)(C)C)cc3B3c4sc5ccc6c(c5c4N(c4ccc(C(C)(C)C)cc4)c4cccc2c43)Oc2ccccc2O6)cc1. The van der Waals surface area contributed by atoms with Crippen molar-refractivity contribution in [2.24, 2.45) is 0 Å². The molecule has 3 aliphatic heterocycles. The van der Waals surface area contributed by atoms with E-state index in [1.165, 1.54) is 54.2 Å². The number of para-hydroxylation sites is 2. The predicted molar refractivity (Wildman–Crippen MR) is 239 cm³/mol. The Kier molecular flexibility index (Phi) is 7.51. The molecule has 278 valence electrons. The van der Waals surface area contributed by atoms with E-state index in [0.29, 0.717) is 0 Å². The Bertz CT molecular complexity index is 2710. The molecule has 1 aromatic heterocycles. The first kappa shape index (κ1) is 35.0. The Morgan fingerprint density at radius 2 is 1.05 bits per heavy atom. The smallest absolute Gasteiger partial charge is 0.264 e. The summed E-state index contributed by atoms with van der Waals surface area (Å²) in [6.07, 6.45) is 0. The first-order chi connectivity index (χ1) is 26.7. The second-order valence-electron chi connectivity index (χ2n) is 18.7. The quantitative estimate of drug-likeness (QED) is 0.164.